The molecule has 0 aliphatic carbocycles. The molecule has 2 aromatic carbocycles. The molecule has 25 heavy (non-hydrogen) atoms. The third-order valence-electron chi connectivity index (χ3n) is 4.25. The molecule has 1 amide bonds. The van der Waals surface area contributed by atoms with E-state index in [0.717, 1.165) is 10.2 Å². The molecule has 0 saturated carbocycles. The summed E-state index contributed by atoms with van der Waals surface area (Å²) in [4.78, 5) is 17.5. The Labute approximate surface area is 150 Å². The van der Waals surface area contributed by atoms with Crippen LogP contribution < -0.4 is 14.3 Å². The van der Waals surface area contributed by atoms with Gasteiger partial charge in [-0.2, -0.15) is 4.99 Å². The van der Waals surface area contributed by atoms with Crippen LogP contribution in [-0.4, -0.2) is 24.7 Å². The molecule has 0 bridgehead atoms. The van der Waals surface area contributed by atoms with Crippen LogP contribution in [0.15, 0.2) is 35.3 Å². The number of thiazole rings is 1. The van der Waals surface area contributed by atoms with E-state index < -0.39 is 0 Å². The fourth-order valence-corrected chi connectivity index (χ4v) is 3.70. The van der Waals surface area contributed by atoms with Gasteiger partial charge in [-0.3, -0.25) is 4.79 Å². The number of methoxy groups -OCH3 is 2. The van der Waals surface area contributed by atoms with E-state index in [-0.39, 0.29) is 5.91 Å². The van der Waals surface area contributed by atoms with Crippen LogP contribution in [0.25, 0.3) is 10.2 Å². The number of benzene rings is 2. The Kier molecular flexibility index (Phi) is 4.63. The van der Waals surface area contributed by atoms with E-state index in [1.165, 1.54) is 22.5 Å². The average molecular weight is 356 g/mol. The minimum atomic E-state index is -0.309. The Morgan fingerprint density at radius 1 is 1.04 bits per heavy atom. The van der Waals surface area contributed by atoms with E-state index in [4.69, 9.17) is 9.47 Å². The second-order valence-electron chi connectivity index (χ2n) is 5.83. The lowest BCUT2D eigenvalue weighted by molar-refractivity contribution is 0.0997. The van der Waals surface area contributed by atoms with Crippen molar-refractivity contribution in [2.24, 2.45) is 12.0 Å². The normalized spacial score (nSPS) is 11.8. The van der Waals surface area contributed by atoms with Crippen molar-refractivity contribution >= 4 is 27.5 Å². The summed E-state index contributed by atoms with van der Waals surface area (Å²) in [5.74, 6) is 0.782. The lowest BCUT2D eigenvalue weighted by Crippen LogP contribution is -2.13. The molecular formula is C19H20N2O3S. The zero-order chi connectivity index (χ0) is 18.1. The number of nitrogens with zero attached hydrogens (tertiary/aromatic N) is 2. The lowest BCUT2D eigenvalue weighted by atomic mass is 10.1. The molecule has 0 spiro atoms. The van der Waals surface area contributed by atoms with Crippen molar-refractivity contribution in [3.05, 3.63) is 51.8 Å². The zero-order valence-corrected chi connectivity index (χ0v) is 15.7. The molecule has 6 heteroatoms. The third-order valence-corrected chi connectivity index (χ3v) is 5.35. The molecule has 3 rings (SSSR count). The molecule has 5 nitrogen and oxygen atoms in total. The first-order valence-electron chi connectivity index (χ1n) is 7.82. The number of hydrogen-bond donors (Lipinski definition) is 0. The molecule has 0 radical (unpaired) electrons. The Bertz CT molecular complexity index is 1030. The van der Waals surface area contributed by atoms with Crippen molar-refractivity contribution in [2.45, 2.75) is 13.8 Å². The van der Waals surface area contributed by atoms with Crippen LogP contribution in [0.3, 0.4) is 0 Å². The molecule has 0 N–H and O–H groups in total. The first-order valence-corrected chi connectivity index (χ1v) is 8.64. The summed E-state index contributed by atoms with van der Waals surface area (Å²) < 4.78 is 13.5. The van der Waals surface area contributed by atoms with Gasteiger partial charge in [-0.25, -0.2) is 0 Å². The van der Waals surface area contributed by atoms with Crippen LogP contribution in [0.5, 0.6) is 11.5 Å². The number of ether oxygens (including phenoxy) is 2. The summed E-state index contributed by atoms with van der Waals surface area (Å²) in [5, 5.41) is 0. The summed E-state index contributed by atoms with van der Waals surface area (Å²) in [6, 6.07) is 9.30. The van der Waals surface area contributed by atoms with Crippen molar-refractivity contribution in [2.75, 3.05) is 14.2 Å². The van der Waals surface area contributed by atoms with Gasteiger partial charge in [0, 0.05) is 12.6 Å². The topological polar surface area (TPSA) is 52.8 Å². The minimum absolute atomic E-state index is 0.309. The first-order chi connectivity index (χ1) is 11.9. The van der Waals surface area contributed by atoms with Gasteiger partial charge in [0.25, 0.3) is 5.91 Å². The van der Waals surface area contributed by atoms with Gasteiger partial charge in [-0.15, -0.1) is 0 Å². The predicted molar refractivity (Wildman–Crippen MR) is 99.7 cm³/mol. The van der Waals surface area contributed by atoms with E-state index in [1.807, 2.05) is 11.6 Å². The molecule has 0 saturated heterocycles. The summed E-state index contributed by atoms with van der Waals surface area (Å²) in [6.07, 6.45) is 0. The smallest absolute Gasteiger partial charge is 0.279 e. The number of hydrogen-bond acceptors (Lipinski definition) is 4. The average Bonchev–Trinajstić information content (AvgIpc) is 2.90. The van der Waals surface area contributed by atoms with E-state index in [1.54, 1.807) is 32.4 Å². The summed E-state index contributed by atoms with van der Waals surface area (Å²) in [6.45, 7) is 4.16. The van der Waals surface area contributed by atoms with Crippen molar-refractivity contribution in [3.63, 3.8) is 0 Å². The highest BCUT2D eigenvalue weighted by atomic mass is 32.1. The van der Waals surface area contributed by atoms with E-state index in [9.17, 15) is 4.79 Å². The van der Waals surface area contributed by atoms with Gasteiger partial charge in [-0.1, -0.05) is 11.3 Å². The van der Waals surface area contributed by atoms with Crippen molar-refractivity contribution < 1.29 is 14.3 Å². The fraction of sp³-hybridized carbons (Fsp3) is 0.263. The molecule has 1 heterocycles. The molecule has 3 aromatic rings. The van der Waals surface area contributed by atoms with Gasteiger partial charge in [0.1, 0.15) is 0 Å². The second kappa shape index (κ2) is 6.72. The third kappa shape index (κ3) is 3.17. The number of aryl methyl sites for hydroxylation is 3. The minimum Gasteiger partial charge on any atom is -0.493 e. The van der Waals surface area contributed by atoms with Gasteiger partial charge in [0.15, 0.2) is 16.3 Å². The van der Waals surface area contributed by atoms with Gasteiger partial charge in [0.05, 0.1) is 24.4 Å². The quantitative estimate of drug-likeness (QED) is 0.720. The van der Waals surface area contributed by atoms with E-state index >= 15 is 0 Å². The Morgan fingerprint density at radius 3 is 2.40 bits per heavy atom. The largest absolute Gasteiger partial charge is 0.493 e. The highest BCUT2D eigenvalue weighted by Gasteiger charge is 2.11. The van der Waals surface area contributed by atoms with Gasteiger partial charge in [-0.05, 0) is 55.3 Å². The standard InChI is InChI=1S/C19H20N2O3S/c1-11-8-14-17(9-12(11)2)25-19(21(14)3)20-18(22)13-6-7-15(23-4)16(10-13)24-5/h6-10H,1-5H3. The Morgan fingerprint density at radius 2 is 1.72 bits per heavy atom. The van der Waals surface area contributed by atoms with Crippen LogP contribution in [0.4, 0.5) is 0 Å². The summed E-state index contributed by atoms with van der Waals surface area (Å²) in [5.41, 5.74) is 3.99. The number of amides is 1. The van der Waals surface area contributed by atoms with Crippen LogP contribution in [0.1, 0.15) is 21.5 Å². The lowest BCUT2D eigenvalue weighted by Gasteiger charge is -2.07. The zero-order valence-electron chi connectivity index (χ0n) is 14.9. The maximum absolute atomic E-state index is 12.6. The molecule has 0 aliphatic rings. The number of carbonyl (C=O) groups excluding carboxylic acids is 1. The first kappa shape index (κ1) is 17.2. The summed E-state index contributed by atoms with van der Waals surface area (Å²) >= 11 is 1.51. The van der Waals surface area contributed by atoms with Crippen molar-refractivity contribution in [1.82, 2.24) is 4.57 Å². The van der Waals surface area contributed by atoms with E-state index in [0.29, 0.717) is 21.9 Å². The monoisotopic (exact) mass is 356 g/mol. The maximum atomic E-state index is 12.6. The number of fused-ring (bicyclic) bond motifs is 1. The number of rotatable bonds is 3. The van der Waals surface area contributed by atoms with Crippen molar-refractivity contribution in [3.8, 4) is 11.5 Å². The van der Waals surface area contributed by atoms with Gasteiger partial charge < -0.3 is 14.0 Å². The maximum Gasteiger partial charge on any atom is 0.279 e. The molecule has 0 atom stereocenters. The van der Waals surface area contributed by atoms with Crippen LogP contribution >= 0.6 is 11.3 Å². The molecule has 0 fully saturated rings. The fourth-order valence-electron chi connectivity index (χ4n) is 2.61. The number of carbonyl (C=O) groups is 1. The molecule has 1 aromatic heterocycles. The molecular weight excluding hydrogens is 336 g/mol. The second-order valence-corrected chi connectivity index (χ2v) is 6.84. The highest BCUT2D eigenvalue weighted by molar-refractivity contribution is 7.16. The highest BCUT2D eigenvalue weighted by Crippen LogP contribution is 2.28. The van der Waals surface area contributed by atoms with Crippen LogP contribution in [0.2, 0.25) is 0 Å². The molecule has 0 unspecified atom stereocenters. The van der Waals surface area contributed by atoms with Crippen LogP contribution in [0, 0.1) is 13.8 Å². The Hall–Kier alpha value is -2.60. The van der Waals surface area contributed by atoms with Gasteiger partial charge in [0.2, 0.25) is 0 Å². The molecule has 130 valence electrons. The van der Waals surface area contributed by atoms with Crippen molar-refractivity contribution in [1.29, 1.82) is 0 Å². The van der Waals surface area contributed by atoms with Crippen LogP contribution in [-0.2, 0) is 7.05 Å². The predicted octanol–water partition coefficient (Wildman–Crippen LogP) is 3.61. The Balaban J connectivity index is 2.07. The summed E-state index contributed by atoms with van der Waals surface area (Å²) in [7, 11) is 5.03. The molecule has 0 aliphatic heterocycles. The van der Waals surface area contributed by atoms with Gasteiger partial charge >= 0.3 is 0 Å². The SMILES string of the molecule is COc1ccc(C(=O)N=c2sc3cc(C)c(C)cc3n2C)cc1OC. The number of aromatic nitrogens is 1. The van der Waals surface area contributed by atoms with E-state index in [2.05, 4.69) is 31.0 Å².